The van der Waals surface area contributed by atoms with Crippen LogP contribution in [0.5, 0.6) is 0 Å². The molecule has 0 fully saturated rings. The van der Waals surface area contributed by atoms with Gasteiger partial charge in [0.05, 0.1) is 12.5 Å². The van der Waals surface area contributed by atoms with Crippen molar-refractivity contribution < 1.29 is 19.5 Å². The molecule has 0 radical (unpaired) electrons. The molecule has 0 aromatic carbocycles. The predicted molar refractivity (Wildman–Crippen MR) is 48.5 cm³/mol. The second kappa shape index (κ2) is 6.09. The topological polar surface area (TPSA) is 109 Å². The minimum absolute atomic E-state index is 0.0220. The fourth-order valence-electron chi connectivity index (χ4n) is 0.813. The SMILES string of the molecule is CC(=O)[C@H](CN)NC(=O)CCC(=O)O. The zero-order chi connectivity index (χ0) is 11.1. The average molecular weight is 202 g/mol. The average Bonchev–Trinajstić information content (AvgIpc) is 2.10. The summed E-state index contributed by atoms with van der Waals surface area (Å²) in [4.78, 5) is 32.0. The fraction of sp³-hybridized carbons (Fsp3) is 0.625. The number of nitrogens with one attached hydrogen (secondary N) is 1. The summed E-state index contributed by atoms with van der Waals surface area (Å²) < 4.78 is 0. The quantitative estimate of drug-likeness (QED) is 0.505. The zero-order valence-corrected chi connectivity index (χ0v) is 7.95. The summed E-state index contributed by atoms with van der Waals surface area (Å²) >= 11 is 0. The van der Waals surface area contributed by atoms with Crippen LogP contribution in [0.1, 0.15) is 19.8 Å². The van der Waals surface area contributed by atoms with Crippen molar-refractivity contribution in [2.75, 3.05) is 6.54 Å². The molecule has 0 aliphatic heterocycles. The monoisotopic (exact) mass is 202 g/mol. The molecule has 0 aliphatic rings. The lowest BCUT2D eigenvalue weighted by molar-refractivity contribution is -0.139. The molecule has 0 saturated heterocycles. The Kier molecular flexibility index (Phi) is 5.47. The first kappa shape index (κ1) is 12.6. The van der Waals surface area contributed by atoms with Gasteiger partial charge < -0.3 is 16.2 Å². The molecule has 0 aliphatic carbocycles. The number of rotatable bonds is 6. The lowest BCUT2D eigenvalue weighted by Crippen LogP contribution is -2.44. The van der Waals surface area contributed by atoms with Gasteiger partial charge in [-0.3, -0.25) is 14.4 Å². The molecular weight excluding hydrogens is 188 g/mol. The number of aliphatic carboxylic acids is 1. The van der Waals surface area contributed by atoms with Crippen LogP contribution in [-0.4, -0.2) is 35.4 Å². The molecule has 1 amide bonds. The Morgan fingerprint density at radius 2 is 1.93 bits per heavy atom. The number of carboxylic acid groups (broad SMARTS) is 1. The summed E-state index contributed by atoms with van der Waals surface area (Å²) in [5.41, 5.74) is 5.23. The highest BCUT2D eigenvalue weighted by molar-refractivity contribution is 5.88. The highest BCUT2D eigenvalue weighted by Crippen LogP contribution is 1.91. The molecule has 4 N–H and O–H groups in total. The van der Waals surface area contributed by atoms with E-state index < -0.39 is 17.9 Å². The van der Waals surface area contributed by atoms with E-state index in [0.29, 0.717) is 0 Å². The first-order valence-corrected chi connectivity index (χ1v) is 4.19. The van der Waals surface area contributed by atoms with Gasteiger partial charge in [-0.05, 0) is 6.92 Å². The molecule has 0 aromatic rings. The van der Waals surface area contributed by atoms with E-state index in [9.17, 15) is 14.4 Å². The van der Waals surface area contributed by atoms with E-state index in [2.05, 4.69) is 5.32 Å². The summed E-state index contributed by atoms with van der Waals surface area (Å²) in [6.45, 7) is 1.34. The summed E-state index contributed by atoms with van der Waals surface area (Å²) in [5.74, 6) is -1.76. The Morgan fingerprint density at radius 1 is 1.36 bits per heavy atom. The van der Waals surface area contributed by atoms with Gasteiger partial charge in [0.25, 0.3) is 0 Å². The van der Waals surface area contributed by atoms with Gasteiger partial charge in [0.1, 0.15) is 0 Å². The van der Waals surface area contributed by atoms with Crippen LogP contribution >= 0.6 is 0 Å². The molecular formula is C8H14N2O4. The molecule has 0 heterocycles. The van der Waals surface area contributed by atoms with E-state index in [1.807, 2.05) is 0 Å². The maximum Gasteiger partial charge on any atom is 0.303 e. The van der Waals surface area contributed by atoms with E-state index in [1.165, 1.54) is 6.92 Å². The molecule has 1 atom stereocenters. The summed E-state index contributed by atoms with van der Waals surface area (Å²) in [7, 11) is 0. The van der Waals surface area contributed by atoms with E-state index in [-0.39, 0.29) is 25.2 Å². The zero-order valence-electron chi connectivity index (χ0n) is 7.95. The number of carbonyl (C=O) groups excluding carboxylic acids is 2. The van der Waals surface area contributed by atoms with Crippen LogP contribution < -0.4 is 11.1 Å². The van der Waals surface area contributed by atoms with Crippen molar-refractivity contribution in [1.29, 1.82) is 0 Å². The smallest absolute Gasteiger partial charge is 0.303 e. The van der Waals surface area contributed by atoms with E-state index in [0.717, 1.165) is 0 Å². The summed E-state index contributed by atoms with van der Waals surface area (Å²) in [6, 6.07) is -0.712. The molecule has 0 rings (SSSR count). The van der Waals surface area contributed by atoms with E-state index in [4.69, 9.17) is 10.8 Å². The Bertz CT molecular complexity index is 239. The Labute approximate surface area is 81.5 Å². The van der Waals surface area contributed by atoms with Crippen LogP contribution in [0, 0.1) is 0 Å². The number of hydrogen-bond acceptors (Lipinski definition) is 4. The molecule has 0 spiro atoms. The second-order valence-corrected chi connectivity index (χ2v) is 2.86. The van der Waals surface area contributed by atoms with Gasteiger partial charge in [0.2, 0.25) is 5.91 Å². The number of carbonyl (C=O) groups is 3. The molecule has 14 heavy (non-hydrogen) atoms. The number of ketones is 1. The third kappa shape index (κ3) is 5.26. The Hall–Kier alpha value is -1.43. The lowest BCUT2D eigenvalue weighted by atomic mass is 10.2. The molecule has 0 bridgehead atoms. The van der Waals surface area contributed by atoms with Gasteiger partial charge in [-0.25, -0.2) is 0 Å². The number of hydrogen-bond donors (Lipinski definition) is 3. The molecule has 0 aromatic heterocycles. The van der Waals surface area contributed by atoms with Crippen LogP contribution in [-0.2, 0) is 14.4 Å². The van der Waals surface area contributed by atoms with Gasteiger partial charge >= 0.3 is 5.97 Å². The minimum atomic E-state index is -1.05. The molecule has 6 heteroatoms. The normalized spacial score (nSPS) is 11.9. The van der Waals surface area contributed by atoms with E-state index >= 15 is 0 Å². The number of nitrogens with two attached hydrogens (primary N) is 1. The van der Waals surface area contributed by atoms with Crippen molar-refractivity contribution >= 4 is 17.7 Å². The number of amides is 1. The van der Waals surface area contributed by atoms with Gasteiger partial charge in [-0.2, -0.15) is 0 Å². The Balaban J connectivity index is 3.91. The van der Waals surface area contributed by atoms with Gasteiger partial charge in [-0.15, -0.1) is 0 Å². The third-order valence-electron chi connectivity index (χ3n) is 1.63. The van der Waals surface area contributed by atoms with Crippen LogP contribution in [0.15, 0.2) is 0 Å². The summed E-state index contributed by atoms with van der Waals surface area (Å²) in [6.07, 6.45) is -0.389. The highest BCUT2D eigenvalue weighted by Gasteiger charge is 2.15. The third-order valence-corrected chi connectivity index (χ3v) is 1.63. The standard InChI is InChI=1S/C8H14N2O4/c1-5(11)6(4-9)10-7(12)2-3-8(13)14/h6H,2-4,9H2,1H3,(H,10,12)(H,13,14)/t6-/m0/s1. The highest BCUT2D eigenvalue weighted by atomic mass is 16.4. The molecule has 6 nitrogen and oxygen atoms in total. The predicted octanol–water partition coefficient (Wildman–Crippen LogP) is -1.12. The first-order chi connectivity index (χ1) is 6.47. The van der Waals surface area contributed by atoms with Crippen molar-refractivity contribution in [2.24, 2.45) is 5.73 Å². The first-order valence-electron chi connectivity index (χ1n) is 4.19. The Morgan fingerprint density at radius 3 is 2.29 bits per heavy atom. The van der Waals surface area contributed by atoms with Gasteiger partial charge in [-0.1, -0.05) is 0 Å². The molecule has 80 valence electrons. The number of carboxylic acids is 1. The largest absolute Gasteiger partial charge is 0.481 e. The van der Waals surface area contributed by atoms with Crippen LogP contribution in [0.25, 0.3) is 0 Å². The number of Topliss-reactive ketones (excluding diaryl/α,β-unsaturated/α-hetero) is 1. The van der Waals surface area contributed by atoms with Crippen molar-refractivity contribution in [3.05, 3.63) is 0 Å². The van der Waals surface area contributed by atoms with Crippen molar-refractivity contribution in [2.45, 2.75) is 25.8 Å². The molecule has 0 unspecified atom stereocenters. The van der Waals surface area contributed by atoms with Gasteiger partial charge in [0, 0.05) is 13.0 Å². The maximum atomic E-state index is 11.0. The maximum absolute atomic E-state index is 11.0. The van der Waals surface area contributed by atoms with Crippen molar-refractivity contribution in [3.63, 3.8) is 0 Å². The second-order valence-electron chi connectivity index (χ2n) is 2.86. The van der Waals surface area contributed by atoms with Crippen LogP contribution in [0.3, 0.4) is 0 Å². The lowest BCUT2D eigenvalue weighted by Gasteiger charge is -2.12. The van der Waals surface area contributed by atoms with Crippen LogP contribution in [0.2, 0.25) is 0 Å². The van der Waals surface area contributed by atoms with E-state index in [1.54, 1.807) is 0 Å². The van der Waals surface area contributed by atoms with Gasteiger partial charge in [0.15, 0.2) is 5.78 Å². The van der Waals surface area contributed by atoms with Crippen molar-refractivity contribution in [1.82, 2.24) is 5.32 Å². The van der Waals surface area contributed by atoms with Crippen LogP contribution in [0.4, 0.5) is 0 Å². The molecule has 0 saturated carbocycles. The fourth-order valence-corrected chi connectivity index (χ4v) is 0.813. The summed E-state index contributed by atoms with van der Waals surface area (Å²) in [5, 5.41) is 10.6. The minimum Gasteiger partial charge on any atom is -0.481 e. The van der Waals surface area contributed by atoms with Crippen molar-refractivity contribution in [3.8, 4) is 0 Å².